The Balaban J connectivity index is 1.75. The fraction of sp³-hybridized carbons (Fsp3) is 0.304. The van der Waals surface area contributed by atoms with E-state index in [1.54, 1.807) is 6.07 Å². The molecule has 2 aromatic carbocycles. The minimum Gasteiger partial charge on any atom is -0.372 e. The molecular formula is C23H23ClN2O3. The highest BCUT2D eigenvalue weighted by molar-refractivity contribution is 6.35. The maximum absolute atomic E-state index is 13.4. The van der Waals surface area contributed by atoms with Crippen LogP contribution in [-0.4, -0.2) is 46.9 Å². The van der Waals surface area contributed by atoms with Gasteiger partial charge in [-0.05, 0) is 31.0 Å². The molecule has 2 aliphatic rings. The van der Waals surface area contributed by atoms with Gasteiger partial charge in [0.1, 0.15) is 5.70 Å². The minimum absolute atomic E-state index is 0.0243. The topological polar surface area (TPSA) is 49.9 Å². The van der Waals surface area contributed by atoms with Crippen LogP contribution in [0.5, 0.6) is 0 Å². The van der Waals surface area contributed by atoms with Crippen molar-refractivity contribution in [3.8, 4) is 0 Å². The van der Waals surface area contributed by atoms with Crippen molar-refractivity contribution in [2.75, 3.05) is 13.1 Å². The summed E-state index contributed by atoms with van der Waals surface area (Å²) in [6.45, 7) is 5.24. The van der Waals surface area contributed by atoms with Gasteiger partial charge in [0, 0.05) is 18.1 Å². The molecule has 1 saturated heterocycles. The highest BCUT2D eigenvalue weighted by Gasteiger charge is 2.43. The average molecular weight is 411 g/mol. The molecule has 150 valence electrons. The molecule has 2 heterocycles. The van der Waals surface area contributed by atoms with E-state index in [0.717, 1.165) is 11.1 Å². The lowest BCUT2D eigenvalue weighted by Gasteiger charge is -2.37. The summed E-state index contributed by atoms with van der Waals surface area (Å²) >= 11 is 6.28. The molecule has 29 heavy (non-hydrogen) atoms. The monoisotopic (exact) mass is 410 g/mol. The molecule has 0 aromatic heterocycles. The number of hydrogen-bond acceptors (Lipinski definition) is 4. The number of hydrogen-bond donors (Lipinski definition) is 0. The minimum atomic E-state index is -0.289. The van der Waals surface area contributed by atoms with E-state index in [2.05, 4.69) is 0 Å². The third-order valence-corrected chi connectivity index (χ3v) is 5.60. The largest absolute Gasteiger partial charge is 0.372 e. The molecule has 0 saturated carbocycles. The van der Waals surface area contributed by atoms with Gasteiger partial charge in [-0.2, -0.15) is 0 Å². The summed E-state index contributed by atoms with van der Waals surface area (Å²) in [6.07, 6.45) is -0.0485. The second kappa shape index (κ2) is 8.01. The summed E-state index contributed by atoms with van der Waals surface area (Å²) in [5.74, 6) is -0.571. The maximum atomic E-state index is 13.4. The first-order valence-electron chi connectivity index (χ1n) is 9.75. The van der Waals surface area contributed by atoms with E-state index in [9.17, 15) is 9.59 Å². The van der Waals surface area contributed by atoms with Crippen LogP contribution < -0.4 is 0 Å². The highest BCUT2D eigenvalue weighted by Crippen LogP contribution is 2.34. The van der Waals surface area contributed by atoms with Crippen LogP contribution >= 0.6 is 11.6 Å². The SMILES string of the molecule is CC1CN(C2=C(c3ccccc3)C(=O)N(Cc3ccccc3Cl)C2=O)CC(C)O1. The zero-order chi connectivity index (χ0) is 20.5. The average Bonchev–Trinajstić information content (AvgIpc) is 2.94. The molecule has 0 aliphatic carbocycles. The Morgan fingerprint density at radius 1 is 0.931 bits per heavy atom. The molecule has 0 radical (unpaired) electrons. The van der Waals surface area contributed by atoms with Crippen molar-refractivity contribution in [2.45, 2.75) is 32.6 Å². The maximum Gasteiger partial charge on any atom is 0.278 e. The highest BCUT2D eigenvalue weighted by atomic mass is 35.5. The van der Waals surface area contributed by atoms with E-state index >= 15 is 0 Å². The molecule has 2 atom stereocenters. The summed E-state index contributed by atoms with van der Waals surface area (Å²) in [5, 5.41) is 0.538. The van der Waals surface area contributed by atoms with Gasteiger partial charge in [-0.15, -0.1) is 0 Å². The number of morpholine rings is 1. The zero-order valence-corrected chi connectivity index (χ0v) is 17.2. The number of carbonyl (C=O) groups is 2. The fourth-order valence-corrected chi connectivity index (χ4v) is 4.22. The normalized spacial score (nSPS) is 22.6. The molecule has 2 aliphatic heterocycles. The van der Waals surface area contributed by atoms with Crippen LogP contribution in [-0.2, 0) is 20.9 Å². The van der Waals surface area contributed by atoms with E-state index < -0.39 is 0 Å². The number of halogens is 1. The molecule has 5 nitrogen and oxygen atoms in total. The van der Waals surface area contributed by atoms with Crippen LogP contribution in [0.3, 0.4) is 0 Å². The number of rotatable bonds is 4. The van der Waals surface area contributed by atoms with Crippen LogP contribution in [0.4, 0.5) is 0 Å². The molecule has 1 fully saturated rings. The number of imide groups is 1. The van der Waals surface area contributed by atoms with Gasteiger partial charge in [-0.1, -0.05) is 60.1 Å². The second-order valence-corrected chi connectivity index (χ2v) is 7.95. The Labute approximate surface area is 175 Å². The molecular weight excluding hydrogens is 388 g/mol. The third kappa shape index (κ3) is 3.80. The molecule has 2 aromatic rings. The second-order valence-electron chi connectivity index (χ2n) is 7.54. The molecule has 0 spiro atoms. The predicted molar refractivity (Wildman–Crippen MR) is 112 cm³/mol. The molecule has 2 unspecified atom stereocenters. The van der Waals surface area contributed by atoms with Crippen molar-refractivity contribution in [2.24, 2.45) is 0 Å². The van der Waals surface area contributed by atoms with Gasteiger partial charge in [0.2, 0.25) is 0 Å². The van der Waals surface area contributed by atoms with Crippen molar-refractivity contribution in [1.29, 1.82) is 0 Å². The van der Waals surface area contributed by atoms with Gasteiger partial charge in [0.15, 0.2) is 0 Å². The lowest BCUT2D eigenvalue weighted by atomic mass is 10.0. The van der Waals surface area contributed by atoms with E-state index in [1.165, 1.54) is 4.90 Å². The van der Waals surface area contributed by atoms with E-state index in [0.29, 0.717) is 29.4 Å². The quantitative estimate of drug-likeness (QED) is 0.721. The zero-order valence-electron chi connectivity index (χ0n) is 16.5. The van der Waals surface area contributed by atoms with Crippen LogP contribution in [0.25, 0.3) is 5.57 Å². The van der Waals surface area contributed by atoms with Crippen LogP contribution in [0.2, 0.25) is 5.02 Å². The van der Waals surface area contributed by atoms with E-state index in [1.807, 2.05) is 67.3 Å². The first-order valence-corrected chi connectivity index (χ1v) is 10.1. The molecule has 0 bridgehead atoms. The summed E-state index contributed by atoms with van der Waals surface area (Å²) in [4.78, 5) is 30.1. The Hall–Kier alpha value is -2.63. The Morgan fingerprint density at radius 3 is 2.21 bits per heavy atom. The Bertz CT molecular complexity index is 963. The number of amides is 2. The van der Waals surface area contributed by atoms with Crippen molar-refractivity contribution in [3.63, 3.8) is 0 Å². The van der Waals surface area contributed by atoms with Crippen molar-refractivity contribution in [3.05, 3.63) is 76.4 Å². The van der Waals surface area contributed by atoms with Crippen LogP contribution in [0, 0.1) is 0 Å². The van der Waals surface area contributed by atoms with Gasteiger partial charge in [-0.25, -0.2) is 0 Å². The van der Waals surface area contributed by atoms with Gasteiger partial charge in [0.05, 0.1) is 24.3 Å². The van der Waals surface area contributed by atoms with Crippen molar-refractivity contribution < 1.29 is 14.3 Å². The summed E-state index contributed by atoms with van der Waals surface area (Å²) in [5.41, 5.74) is 2.39. The Kier molecular flexibility index (Phi) is 5.43. The van der Waals surface area contributed by atoms with Crippen molar-refractivity contribution in [1.82, 2.24) is 9.80 Å². The smallest absolute Gasteiger partial charge is 0.278 e. The first kappa shape index (κ1) is 19.7. The van der Waals surface area contributed by atoms with E-state index in [-0.39, 0.29) is 30.6 Å². The van der Waals surface area contributed by atoms with Gasteiger partial charge < -0.3 is 9.64 Å². The Morgan fingerprint density at radius 2 is 1.55 bits per heavy atom. The molecule has 4 rings (SSSR count). The predicted octanol–water partition coefficient (Wildman–Crippen LogP) is 3.73. The van der Waals surface area contributed by atoms with Crippen LogP contribution in [0.15, 0.2) is 60.3 Å². The third-order valence-electron chi connectivity index (χ3n) is 5.23. The van der Waals surface area contributed by atoms with Crippen LogP contribution in [0.1, 0.15) is 25.0 Å². The molecule has 0 N–H and O–H groups in total. The number of nitrogens with zero attached hydrogens (tertiary/aromatic N) is 2. The van der Waals surface area contributed by atoms with Gasteiger partial charge >= 0.3 is 0 Å². The lowest BCUT2D eigenvalue weighted by Crippen LogP contribution is -2.46. The standard InChI is InChI=1S/C23H23ClN2O3/c1-15-12-25(13-16(2)29-15)21-20(17-8-4-3-5-9-17)22(27)26(23(21)28)14-18-10-6-7-11-19(18)24/h3-11,15-16H,12-14H2,1-2H3. The summed E-state index contributed by atoms with van der Waals surface area (Å²) in [7, 11) is 0. The number of benzene rings is 2. The number of carbonyl (C=O) groups excluding carboxylic acids is 2. The van der Waals surface area contributed by atoms with E-state index in [4.69, 9.17) is 16.3 Å². The summed E-state index contributed by atoms with van der Waals surface area (Å²) < 4.78 is 5.83. The van der Waals surface area contributed by atoms with Gasteiger partial charge in [0.25, 0.3) is 11.8 Å². The first-order chi connectivity index (χ1) is 14.0. The molecule has 6 heteroatoms. The number of ether oxygens (including phenoxy) is 1. The lowest BCUT2D eigenvalue weighted by molar-refractivity contribution is -0.139. The fourth-order valence-electron chi connectivity index (χ4n) is 4.02. The van der Waals surface area contributed by atoms with Crippen molar-refractivity contribution >= 4 is 29.0 Å². The summed E-state index contributed by atoms with van der Waals surface area (Å²) in [6, 6.07) is 16.7. The van der Waals surface area contributed by atoms with Gasteiger partial charge in [-0.3, -0.25) is 14.5 Å². The molecule has 2 amide bonds.